The van der Waals surface area contributed by atoms with Gasteiger partial charge in [-0.2, -0.15) is 0 Å². The van der Waals surface area contributed by atoms with Crippen molar-refractivity contribution in [3.63, 3.8) is 0 Å². The van der Waals surface area contributed by atoms with Crippen LogP contribution in [0.4, 0.5) is 0 Å². The van der Waals surface area contributed by atoms with Crippen LogP contribution in [0, 0.1) is 0 Å². The van der Waals surface area contributed by atoms with E-state index in [1.165, 1.54) is 25.7 Å². The Morgan fingerprint density at radius 1 is 1.11 bits per heavy atom. The van der Waals surface area contributed by atoms with Crippen LogP contribution in [-0.2, 0) is 11.2 Å². The van der Waals surface area contributed by atoms with Crippen molar-refractivity contribution in [3.05, 3.63) is 70.1 Å². The molecule has 0 amide bonds. The fourth-order valence-electron chi connectivity index (χ4n) is 4.27. The third-order valence-electron chi connectivity index (χ3n) is 6.23. The lowest BCUT2D eigenvalue weighted by atomic mass is 10.0. The molecule has 0 N–H and O–H groups in total. The number of rotatable bonds is 9. The smallest absolute Gasteiger partial charge is 0.258 e. The van der Waals surface area contributed by atoms with Gasteiger partial charge in [-0.25, -0.2) is 4.98 Å². The van der Waals surface area contributed by atoms with Gasteiger partial charge in [0.15, 0.2) is 11.4 Å². The molecule has 1 fully saturated rings. The first-order valence-corrected chi connectivity index (χ1v) is 12.6. The number of hydrogen-bond donors (Lipinski definition) is 0. The van der Waals surface area contributed by atoms with Gasteiger partial charge in [0, 0.05) is 61.2 Å². The Labute approximate surface area is 224 Å². The molecule has 1 aliphatic rings. The second kappa shape index (κ2) is 11.5. The molecule has 1 aromatic carbocycles. The molecule has 5 rings (SSSR count). The Morgan fingerprint density at radius 2 is 1.86 bits per heavy atom. The van der Waals surface area contributed by atoms with E-state index in [4.69, 9.17) is 41.8 Å². The van der Waals surface area contributed by atoms with Crippen LogP contribution in [-0.4, -0.2) is 67.2 Å². The lowest BCUT2D eigenvalue weighted by Gasteiger charge is -2.26. The SMILES string of the molecule is COc1ncc(C(=O)Cc2c(Cl)cncc2Cl)c2cc(-c3ccccc3OCCN3CCOCC3)oc12. The van der Waals surface area contributed by atoms with Crippen LogP contribution < -0.4 is 9.47 Å². The molecule has 0 bridgehead atoms. The minimum absolute atomic E-state index is 0.00888. The summed E-state index contributed by atoms with van der Waals surface area (Å²) in [5.41, 5.74) is 2.02. The summed E-state index contributed by atoms with van der Waals surface area (Å²) >= 11 is 12.5. The van der Waals surface area contributed by atoms with Crippen molar-refractivity contribution in [2.75, 3.05) is 46.6 Å². The molecule has 3 aromatic heterocycles. The van der Waals surface area contributed by atoms with E-state index in [-0.39, 0.29) is 18.1 Å². The van der Waals surface area contributed by atoms with Crippen LogP contribution in [0.5, 0.6) is 11.6 Å². The zero-order chi connectivity index (χ0) is 25.8. The molecule has 0 radical (unpaired) electrons. The number of carbonyl (C=O) groups excluding carboxylic acids is 1. The maximum Gasteiger partial charge on any atom is 0.258 e. The summed E-state index contributed by atoms with van der Waals surface area (Å²) in [6, 6.07) is 9.45. The minimum Gasteiger partial charge on any atom is -0.491 e. The molecular weight excluding hydrogens is 517 g/mol. The van der Waals surface area contributed by atoms with Gasteiger partial charge in [-0.3, -0.25) is 14.7 Å². The van der Waals surface area contributed by atoms with E-state index >= 15 is 0 Å². The van der Waals surface area contributed by atoms with Gasteiger partial charge in [0.05, 0.1) is 35.9 Å². The molecule has 4 heterocycles. The standard InChI is InChI=1S/C27H25Cl2N3O5/c1-34-27-26-18(20(14-31-27)23(33)12-19-21(28)15-30-16-22(19)29)13-25(37-26)17-4-2-3-5-24(17)36-11-8-32-6-9-35-10-7-32/h2-5,13-16H,6-12H2,1H3. The van der Waals surface area contributed by atoms with Gasteiger partial charge < -0.3 is 18.6 Å². The summed E-state index contributed by atoms with van der Waals surface area (Å²) in [6.07, 6.45) is 4.40. The Bertz CT molecular complexity index is 1400. The van der Waals surface area contributed by atoms with E-state index in [1.807, 2.05) is 30.3 Å². The van der Waals surface area contributed by atoms with E-state index in [1.54, 1.807) is 0 Å². The molecule has 10 heteroatoms. The van der Waals surface area contributed by atoms with Crippen molar-refractivity contribution in [1.29, 1.82) is 0 Å². The molecule has 192 valence electrons. The van der Waals surface area contributed by atoms with Crippen LogP contribution >= 0.6 is 23.2 Å². The first kappa shape index (κ1) is 25.5. The highest BCUT2D eigenvalue weighted by atomic mass is 35.5. The summed E-state index contributed by atoms with van der Waals surface area (Å²) in [7, 11) is 1.50. The summed E-state index contributed by atoms with van der Waals surface area (Å²) in [5.74, 6) is 1.29. The second-order valence-corrected chi connectivity index (χ2v) is 9.33. The van der Waals surface area contributed by atoms with Crippen molar-refractivity contribution in [1.82, 2.24) is 14.9 Å². The topological polar surface area (TPSA) is 86.9 Å². The highest BCUT2D eigenvalue weighted by Gasteiger charge is 2.22. The Balaban J connectivity index is 1.45. The summed E-state index contributed by atoms with van der Waals surface area (Å²) in [5, 5.41) is 1.24. The van der Waals surface area contributed by atoms with Crippen molar-refractivity contribution < 1.29 is 23.4 Å². The number of halogens is 2. The molecule has 0 spiro atoms. The highest BCUT2D eigenvalue weighted by Crippen LogP contribution is 2.38. The maximum absolute atomic E-state index is 13.3. The number of pyridine rings is 2. The predicted octanol–water partition coefficient (Wildman–Crippen LogP) is 5.34. The maximum atomic E-state index is 13.3. The van der Waals surface area contributed by atoms with Gasteiger partial charge in [-0.1, -0.05) is 35.3 Å². The number of carbonyl (C=O) groups is 1. The van der Waals surface area contributed by atoms with Gasteiger partial charge in [0.25, 0.3) is 5.88 Å². The number of para-hydroxylation sites is 1. The zero-order valence-corrected chi connectivity index (χ0v) is 21.7. The normalized spacial score (nSPS) is 14.1. The summed E-state index contributed by atoms with van der Waals surface area (Å²) in [4.78, 5) is 23.9. The number of furan rings is 1. The number of ether oxygens (including phenoxy) is 3. The van der Waals surface area contributed by atoms with Crippen molar-refractivity contribution in [3.8, 4) is 23.0 Å². The predicted molar refractivity (Wildman–Crippen MR) is 141 cm³/mol. The first-order valence-electron chi connectivity index (χ1n) is 11.8. The lowest BCUT2D eigenvalue weighted by Crippen LogP contribution is -2.38. The molecule has 0 unspecified atom stereocenters. The van der Waals surface area contributed by atoms with Crippen molar-refractivity contribution in [2.45, 2.75) is 6.42 Å². The monoisotopic (exact) mass is 541 g/mol. The van der Waals surface area contributed by atoms with Gasteiger partial charge >= 0.3 is 0 Å². The Morgan fingerprint density at radius 3 is 2.62 bits per heavy atom. The highest BCUT2D eigenvalue weighted by molar-refractivity contribution is 6.36. The van der Waals surface area contributed by atoms with Gasteiger partial charge in [0.2, 0.25) is 0 Å². The number of hydrogen-bond acceptors (Lipinski definition) is 8. The third-order valence-corrected chi connectivity index (χ3v) is 6.88. The molecule has 0 atom stereocenters. The number of nitrogens with zero attached hydrogens (tertiary/aromatic N) is 3. The van der Waals surface area contributed by atoms with Crippen LogP contribution in [0.3, 0.4) is 0 Å². The van der Waals surface area contributed by atoms with E-state index < -0.39 is 0 Å². The first-order chi connectivity index (χ1) is 18.0. The molecule has 1 aliphatic heterocycles. The van der Waals surface area contributed by atoms with Crippen LogP contribution in [0.1, 0.15) is 15.9 Å². The second-order valence-electron chi connectivity index (χ2n) is 8.51. The average Bonchev–Trinajstić information content (AvgIpc) is 3.36. The molecule has 4 aromatic rings. The van der Waals surface area contributed by atoms with E-state index in [0.717, 1.165) is 38.4 Å². The fraction of sp³-hybridized carbons (Fsp3) is 0.296. The number of morpholine rings is 1. The number of Topliss-reactive ketones (excluding diaryl/α,β-unsaturated/α-hetero) is 1. The molecule has 1 saturated heterocycles. The quantitative estimate of drug-likeness (QED) is 0.262. The lowest BCUT2D eigenvalue weighted by molar-refractivity contribution is 0.0323. The van der Waals surface area contributed by atoms with Crippen molar-refractivity contribution >= 4 is 40.0 Å². The largest absolute Gasteiger partial charge is 0.491 e. The van der Waals surface area contributed by atoms with E-state index in [0.29, 0.717) is 50.3 Å². The van der Waals surface area contributed by atoms with Gasteiger partial charge in [0.1, 0.15) is 18.1 Å². The molecule has 8 nitrogen and oxygen atoms in total. The van der Waals surface area contributed by atoms with Crippen LogP contribution in [0.2, 0.25) is 10.0 Å². The Kier molecular flexibility index (Phi) is 7.90. The molecule has 37 heavy (non-hydrogen) atoms. The van der Waals surface area contributed by atoms with Crippen LogP contribution in [0.15, 0.2) is 53.3 Å². The molecule has 0 aliphatic carbocycles. The van der Waals surface area contributed by atoms with E-state index in [2.05, 4.69) is 14.9 Å². The number of ketones is 1. The number of benzene rings is 1. The molecule has 0 saturated carbocycles. The Hall–Kier alpha value is -3.17. The summed E-state index contributed by atoms with van der Waals surface area (Å²) < 4.78 is 23.2. The average molecular weight is 542 g/mol. The number of aromatic nitrogens is 2. The van der Waals surface area contributed by atoms with Crippen LogP contribution in [0.25, 0.3) is 22.3 Å². The van der Waals surface area contributed by atoms with Gasteiger partial charge in [-0.05, 0) is 18.2 Å². The zero-order valence-electron chi connectivity index (χ0n) is 20.2. The van der Waals surface area contributed by atoms with Gasteiger partial charge in [-0.15, -0.1) is 0 Å². The summed E-state index contributed by atoms with van der Waals surface area (Å²) in [6.45, 7) is 4.61. The van der Waals surface area contributed by atoms with Crippen molar-refractivity contribution in [2.24, 2.45) is 0 Å². The number of methoxy groups -OCH3 is 1. The molecular formula is C27H25Cl2N3O5. The fourth-order valence-corrected chi connectivity index (χ4v) is 4.77. The number of fused-ring (bicyclic) bond motifs is 1. The minimum atomic E-state index is -0.211. The van der Waals surface area contributed by atoms with E-state index in [9.17, 15) is 4.79 Å². The third kappa shape index (κ3) is 5.57.